The Bertz CT molecular complexity index is 884. The molecule has 0 unspecified atom stereocenters. The predicted molar refractivity (Wildman–Crippen MR) is 117 cm³/mol. The molecule has 3 fully saturated rings. The number of carbonyl (C=O) groups excluding carboxylic acids is 2. The summed E-state index contributed by atoms with van der Waals surface area (Å²) in [5, 5.41) is 2.73. The average Bonchev–Trinajstić information content (AvgIpc) is 3.38. The first-order valence-corrected chi connectivity index (χ1v) is 11.0. The van der Waals surface area contributed by atoms with Crippen molar-refractivity contribution in [3.05, 3.63) is 24.0 Å². The number of piperidine rings is 1. The zero-order valence-corrected chi connectivity index (χ0v) is 18.6. The highest BCUT2D eigenvalue weighted by atomic mass is 32.1. The summed E-state index contributed by atoms with van der Waals surface area (Å²) in [6, 6.07) is 4.73. The fraction of sp³-hybridized carbons (Fsp3) is 0.571. The second kappa shape index (κ2) is 9.55. The van der Waals surface area contributed by atoms with Crippen LogP contribution in [0.1, 0.15) is 19.8 Å². The van der Waals surface area contributed by atoms with Gasteiger partial charge in [-0.1, -0.05) is 0 Å². The highest BCUT2D eigenvalue weighted by Gasteiger charge is 2.40. The van der Waals surface area contributed by atoms with Crippen molar-refractivity contribution < 1.29 is 32.9 Å². The quantitative estimate of drug-likeness (QED) is 0.636. The monoisotopic (exact) mass is 467 g/mol. The van der Waals surface area contributed by atoms with Gasteiger partial charge in [0.25, 0.3) is 0 Å². The molecule has 32 heavy (non-hydrogen) atoms. The molecule has 0 saturated carbocycles. The molecule has 174 valence electrons. The number of carbonyl (C=O) groups is 2. The van der Waals surface area contributed by atoms with Crippen molar-refractivity contribution in [1.82, 2.24) is 5.32 Å². The molecule has 3 heterocycles. The lowest BCUT2D eigenvalue weighted by Crippen LogP contribution is -2.45. The van der Waals surface area contributed by atoms with Gasteiger partial charge in [-0.25, -0.2) is 9.18 Å². The third-order valence-corrected chi connectivity index (χ3v) is 5.97. The molecule has 0 aliphatic carbocycles. The van der Waals surface area contributed by atoms with Gasteiger partial charge in [0.05, 0.1) is 37.7 Å². The highest BCUT2D eigenvalue weighted by molar-refractivity contribution is 7.80. The van der Waals surface area contributed by atoms with Crippen molar-refractivity contribution in [2.45, 2.75) is 31.7 Å². The minimum absolute atomic E-state index is 0.0564. The maximum absolute atomic E-state index is 14.9. The van der Waals surface area contributed by atoms with E-state index in [4.69, 9.17) is 31.2 Å². The molecular formula is C21H26FN3O6S. The number of ether oxygens (including phenoxy) is 4. The molecule has 0 radical (unpaired) electrons. The number of cyclic esters (lactones) is 1. The maximum Gasteiger partial charge on any atom is 0.414 e. The largest absolute Gasteiger partial charge is 0.481 e. The van der Waals surface area contributed by atoms with Gasteiger partial charge in [-0.3, -0.25) is 9.69 Å². The van der Waals surface area contributed by atoms with E-state index in [1.165, 1.54) is 17.9 Å². The molecule has 0 aromatic heterocycles. The Kier molecular flexibility index (Phi) is 6.77. The third-order valence-electron chi connectivity index (χ3n) is 5.71. The van der Waals surface area contributed by atoms with Gasteiger partial charge in [0.15, 0.2) is 16.9 Å². The maximum atomic E-state index is 14.9. The number of hydrogen-bond acceptors (Lipinski definition) is 8. The summed E-state index contributed by atoms with van der Waals surface area (Å²) in [5.41, 5.74) is 0.896. The Morgan fingerprint density at radius 2 is 2.03 bits per heavy atom. The number of thiocarbonyl (C=S) groups is 1. The first-order chi connectivity index (χ1) is 15.3. The Hall–Kier alpha value is -2.50. The molecule has 1 spiro atoms. The Morgan fingerprint density at radius 1 is 1.31 bits per heavy atom. The van der Waals surface area contributed by atoms with Crippen LogP contribution in [0, 0.1) is 5.82 Å². The molecule has 1 N–H and O–H groups in total. The van der Waals surface area contributed by atoms with E-state index in [2.05, 4.69) is 5.32 Å². The number of nitrogens with zero attached hydrogens (tertiary/aromatic N) is 2. The number of anilines is 2. The van der Waals surface area contributed by atoms with Crippen LogP contribution in [0.2, 0.25) is 0 Å². The summed E-state index contributed by atoms with van der Waals surface area (Å²) in [5.74, 6) is -1.15. The number of nitrogens with one attached hydrogen (secondary N) is 1. The Morgan fingerprint density at radius 3 is 2.69 bits per heavy atom. The van der Waals surface area contributed by atoms with Gasteiger partial charge in [0, 0.05) is 32.9 Å². The second-order valence-electron chi connectivity index (χ2n) is 7.94. The summed E-state index contributed by atoms with van der Waals surface area (Å²) in [7, 11) is 0. The molecule has 1 aromatic rings. The van der Waals surface area contributed by atoms with Crippen LogP contribution in [-0.4, -0.2) is 74.9 Å². The smallest absolute Gasteiger partial charge is 0.414 e. The topological polar surface area (TPSA) is 89.6 Å². The summed E-state index contributed by atoms with van der Waals surface area (Å²) in [6.45, 7) is 4.20. The molecule has 3 aliphatic heterocycles. The normalized spacial score (nSPS) is 22.2. The lowest BCUT2D eigenvalue weighted by molar-refractivity contribution is -0.169. The van der Waals surface area contributed by atoms with E-state index in [0.717, 1.165) is 0 Å². The number of rotatable bonds is 6. The Labute approximate surface area is 190 Å². The van der Waals surface area contributed by atoms with Gasteiger partial charge in [-0.2, -0.15) is 0 Å². The summed E-state index contributed by atoms with van der Waals surface area (Å²) < 4.78 is 37.1. The van der Waals surface area contributed by atoms with E-state index in [1.54, 1.807) is 12.1 Å². The van der Waals surface area contributed by atoms with E-state index < -0.39 is 23.8 Å². The standard InChI is InChI=1S/C21H26FN3O6S/c1-14(26)23-11-19(32)28-13-16-12-25(20(27)31-16)15-2-3-18(17(22)10-15)24-6-4-21(5-7-24)29-8-9-30-21/h2-3,10,16H,4-9,11-13H2,1H3,(H,23,26)/t16-/m1/s1. The predicted octanol–water partition coefficient (Wildman–Crippen LogP) is 1.97. The zero-order chi connectivity index (χ0) is 22.7. The van der Waals surface area contributed by atoms with Crippen LogP contribution in [0.4, 0.5) is 20.6 Å². The molecule has 3 saturated heterocycles. The van der Waals surface area contributed by atoms with Crippen LogP contribution in [0.5, 0.6) is 0 Å². The molecule has 9 nitrogen and oxygen atoms in total. The van der Waals surface area contributed by atoms with E-state index in [0.29, 0.717) is 50.5 Å². The van der Waals surface area contributed by atoms with E-state index in [1.807, 2.05) is 4.90 Å². The molecule has 4 rings (SSSR count). The SMILES string of the molecule is CC(=O)NCC(=S)OC[C@H]1CN(c2ccc(N3CCC4(CC3)OCCO4)c(F)c2)C(=O)O1. The molecule has 1 atom stereocenters. The van der Waals surface area contributed by atoms with Crippen molar-refractivity contribution in [1.29, 1.82) is 0 Å². The minimum Gasteiger partial charge on any atom is -0.481 e. The fourth-order valence-electron chi connectivity index (χ4n) is 4.05. The summed E-state index contributed by atoms with van der Waals surface area (Å²) in [6.07, 6.45) is 0.232. The van der Waals surface area contributed by atoms with Crippen molar-refractivity contribution in [3.8, 4) is 0 Å². The number of benzene rings is 1. The lowest BCUT2D eigenvalue weighted by atomic mass is 10.0. The number of hydrogen-bond donors (Lipinski definition) is 1. The first-order valence-electron chi connectivity index (χ1n) is 10.6. The summed E-state index contributed by atoms with van der Waals surface area (Å²) >= 11 is 5.03. The molecule has 1 aromatic carbocycles. The van der Waals surface area contributed by atoms with E-state index in [9.17, 15) is 14.0 Å². The molecule has 2 amide bonds. The van der Waals surface area contributed by atoms with Crippen LogP contribution in [-0.2, 0) is 23.7 Å². The molecular weight excluding hydrogens is 441 g/mol. The number of amides is 2. The van der Waals surface area contributed by atoms with Crippen molar-refractivity contribution in [3.63, 3.8) is 0 Å². The lowest BCUT2D eigenvalue weighted by Gasteiger charge is -2.38. The highest BCUT2D eigenvalue weighted by Crippen LogP contribution is 2.35. The van der Waals surface area contributed by atoms with Crippen molar-refractivity contribution in [2.75, 3.05) is 55.8 Å². The fourth-order valence-corrected chi connectivity index (χ4v) is 4.19. The average molecular weight is 468 g/mol. The third kappa shape index (κ3) is 5.11. The van der Waals surface area contributed by atoms with Crippen molar-refractivity contribution in [2.24, 2.45) is 0 Å². The minimum atomic E-state index is -0.575. The van der Waals surface area contributed by atoms with Crippen LogP contribution in [0.25, 0.3) is 0 Å². The number of halogens is 1. The first kappa shape index (κ1) is 22.7. The van der Waals surface area contributed by atoms with Crippen LogP contribution >= 0.6 is 12.2 Å². The molecule has 0 bridgehead atoms. The van der Waals surface area contributed by atoms with Crippen LogP contribution < -0.4 is 15.1 Å². The zero-order valence-electron chi connectivity index (χ0n) is 17.8. The van der Waals surface area contributed by atoms with Gasteiger partial charge in [0.2, 0.25) is 5.91 Å². The van der Waals surface area contributed by atoms with Gasteiger partial charge in [-0.05, 0) is 30.4 Å². The van der Waals surface area contributed by atoms with E-state index in [-0.39, 0.29) is 30.7 Å². The van der Waals surface area contributed by atoms with Gasteiger partial charge in [-0.15, -0.1) is 0 Å². The van der Waals surface area contributed by atoms with E-state index >= 15 is 0 Å². The van der Waals surface area contributed by atoms with Crippen molar-refractivity contribution >= 4 is 40.6 Å². The molecule has 11 heteroatoms. The van der Waals surface area contributed by atoms with Gasteiger partial charge >= 0.3 is 6.09 Å². The van der Waals surface area contributed by atoms with Crippen LogP contribution in [0.15, 0.2) is 18.2 Å². The Balaban J connectivity index is 1.32. The second-order valence-corrected chi connectivity index (χ2v) is 8.39. The van der Waals surface area contributed by atoms with Gasteiger partial charge < -0.3 is 29.2 Å². The summed E-state index contributed by atoms with van der Waals surface area (Å²) in [4.78, 5) is 26.5. The van der Waals surface area contributed by atoms with Crippen LogP contribution in [0.3, 0.4) is 0 Å². The van der Waals surface area contributed by atoms with Gasteiger partial charge in [0.1, 0.15) is 12.4 Å². The molecule has 3 aliphatic rings.